The van der Waals surface area contributed by atoms with Crippen molar-refractivity contribution in [3.05, 3.63) is 70.0 Å². The molecule has 1 atom stereocenters. The summed E-state index contributed by atoms with van der Waals surface area (Å²) in [7, 11) is 1.66. The van der Waals surface area contributed by atoms with E-state index in [9.17, 15) is 19.1 Å². The molecule has 1 aromatic rings. The van der Waals surface area contributed by atoms with Gasteiger partial charge in [0.1, 0.15) is 11.5 Å². The van der Waals surface area contributed by atoms with E-state index in [-0.39, 0.29) is 46.9 Å². The van der Waals surface area contributed by atoms with Crippen molar-refractivity contribution >= 4 is 11.8 Å². The van der Waals surface area contributed by atoms with Crippen LogP contribution in [0.15, 0.2) is 53.1 Å². The summed E-state index contributed by atoms with van der Waals surface area (Å²) < 4.78 is 14.6. The number of amides is 2. The highest BCUT2D eigenvalue weighted by atomic mass is 19.1. The number of carbonyl (C=O) groups is 2. The van der Waals surface area contributed by atoms with Crippen LogP contribution in [0.4, 0.5) is 4.39 Å². The molecule has 8 heteroatoms. The van der Waals surface area contributed by atoms with Crippen LogP contribution in [-0.4, -0.2) is 59.4 Å². The Balaban J connectivity index is 1.97. The number of carbonyl (C=O) groups excluding carboxylic acids is 2. The SMILES string of the molecule is C=C1C(O)=C(C(=O)N(C)CC)N2CCC(NCC)C2=C1C(=O)NCc1cccc(CC)c1F. The molecule has 2 aliphatic heterocycles. The number of allylic oxidation sites excluding steroid dienone is 1. The zero-order valence-electron chi connectivity index (χ0n) is 19.8. The minimum Gasteiger partial charge on any atom is -0.505 e. The zero-order chi connectivity index (χ0) is 24.3. The summed E-state index contributed by atoms with van der Waals surface area (Å²) >= 11 is 0. The second-order valence-electron chi connectivity index (χ2n) is 8.23. The highest BCUT2D eigenvalue weighted by molar-refractivity contribution is 6.03. The molecule has 0 aliphatic carbocycles. The molecular weight excluding hydrogens is 423 g/mol. The summed E-state index contributed by atoms with van der Waals surface area (Å²) in [6, 6.07) is 4.96. The standard InChI is InChI=1S/C25H33FN4O3/c1-6-16-10-9-11-17(20(16)26)14-28-24(32)19-15(4)23(31)22(25(33)29(5)8-3)30-13-12-18(21(19)30)27-7-2/h9-11,18,27,31H,4,6-8,12-14H2,1-3,5H3,(H,28,32). The Kier molecular flexibility index (Phi) is 7.58. The van der Waals surface area contributed by atoms with Crippen LogP contribution in [0.5, 0.6) is 0 Å². The fraction of sp³-hybridized carbons (Fsp3) is 0.440. The Labute approximate surface area is 194 Å². The highest BCUT2D eigenvalue weighted by Crippen LogP contribution is 2.39. The summed E-state index contributed by atoms with van der Waals surface area (Å²) in [5, 5.41) is 17.1. The van der Waals surface area contributed by atoms with E-state index in [1.807, 2.05) is 20.8 Å². The Morgan fingerprint density at radius 2 is 1.97 bits per heavy atom. The van der Waals surface area contributed by atoms with Gasteiger partial charge in [-0.1, -0.05) is 38.6 Å². The van der Waals surface area contributed by atoms with Gasteiger partial charge in [0.25, 0.3) is 11.8 Å². The Hall–Kier alpha value is -3.13. The van der Waals surface area contributed by atoms with E-state index in [0.717, 1.165) is 0 Å². The fourth-order valence-electron chi connectivity index (χ4n) is 4.33. The number of nitrogens with zero attached hydrogens (tertiary/aromatic N) is 2. The van der Waals surface area contributed by atoms with Crippen LogP contribution in [0.2, 0.25) is 0 Å². The third kappa shape index (κ3) is 4.53. The second kappa shape index (κ2) is 10.2. The van der Waals surface area contributed by atoms with Crippen molar-refractivity contribution < 1.29 is 19.1 Å². The number of benzene rings is 1. The van der Waals surface area contributed by atoms with Gasteiger partial charge in [-0.2, -0.15) is 0 Å². The average molecular weight is 457 g/mol. The molecule has 3 rings (SSSR count). The summed E-state index contributed by atoms with van der Waals surface area (Å²) in [6.07, 6.45) is 1.22. The summed E-state index contributed by atoms with van der Waals surface area (Å²) in [5.74, 6) is -1.42. The molecule has 1 unspecified atom stereocenters. The predicted octanol–water partition coefficient (Wildman–Crippen LogP) is 2.76. The first kappa shape index (κ1) is 24.5. The monoisotopic (exact) mass is 456 g/mol. The maximum Gasteiger partial charge on any atom is 0.274 e. The molecular formula is C25H33FN4O3. The average Bonchev–Trinajstić information content (AvgIpc) is 3.21. The van der Waals surface area contributed by atoms with Gasteiger partial charge in [0.2, 0.25) is 0 Å². The van der Waals surface area contributed by atoms with Crippen LogP contribution in [0.25, 0.3) is 0 Å². The van der Waals surface area contributed by atoms with Crippen LogP contribution < -0.4 is 10.6 Å². The maximum absolute atomic E-state index is 14.6. The van der Waals surface area contributed by atoms with Crippen LogP contribution in [0.3, 0.4) is 0 Å². The minimum atomic E-state index is -0.465. The third-order valence-electron chi connectivity index (χ3n) is 6.28. The van der Waals surface area contributed by atoms with Crippen LogP contribution in [0, 0.1) is 5.82 Å². The number of fused-ring (bicyclic) bond motifs is 1. The molecule has 1 aromatic carbocycles. The largest absolute Gasteiger partial charge is 0.505 e. The fourth-order valence-corrected chi connectivity index (χ4v) is 4.33. The quantitative estimate of drug-likeness (QED) is 0.560. The lowest BCUT2D eigenvalue weighted by Crippen LogP contribution is -2.42. The van der Waals surface area contributed by atoms with Crippen molar-refractivity contribution in [3.63, 3.8) is 0 Å². The van der Waals surface area contributed by atoms with E-state index in [1.54, 1.807) is 30.1 Å². The van der Waals surface area contributed by atoms with E-state index < -0.39 is 5.91 Å². The van der Waals surface area contributed by atoms with Crippen molar-refractivity contribution in [2.45, 2.75) is 46.2 Å². The van der Waals surface area contributed by atoms with E-state index in [1.165, 1.54) is 4.90 Å². The van der Waals surface area contributed by atoms with Crippen molar-refractivity contribution in [1.29, 1.82) is 0 Å². The number of nitrogens with one attached hydrogen (secondary N) is 2. The Morgan fingerprint density at radius 1 is 1.27 bits per heavy atom. The van der Waals surface area contributed by atoms with Crippen LogP contribution in [0.1, 0.15) is 38.3 Å². The normalized spacial score (nSPS) is 18.0. The molecule has 0 radical (unpaired) electrons. The molecule has 2 heterocycles. The van der Waals surface area contributed by atoms with Gasteiger partial charge in [0.05, 0.1) is 11.6 Å². The molecule has 7 nitrogen and oxygen atoms in total. The topological polar surface area (TPSA) is 84.9 Å². The number of halogens is 1. The molecule has 1 fully saturated rings. The third-order valence-corrected chi connectivity index (χ3v) is 6.28. The number of rotatable bonds is 8. The molecule has 0 saturated carbocycles. The number of aryl methyl sites for hydroxylation is 1. The van der Waals surface area contributed by atoms with E-state index in [4.69, 9.17) is 0 Å². The lowest BCUT2D eigenvalue weighted by molar-refractivity contribution is -0.127. The van der Waals surface area contributed by atoms with Crippen molar-refractivity contribution in [1.82, 2.24) is 20.4 Å². The molecule has 3 N–H and O–H groups in total. The van der Waals surface area contributed by atoms with Crippen LogP contribution >= 0.6 is 0 Å². The van der Waals surface area contributed by atoms with Gasteiger partial charge in [0, 0.05) is 43.5 Å². The van der Waals surface area contributed by atoms with E-state index >= 15 is 0 Å². The lowest BCUT2D eigenvalue weighted by atomic mass is 9.94. The van der Waals surface area contributed by atoms with Crippen molar-refractivity contribution in [3.8, 4) is 0 Å². The first-order valence-electron chi connectivity index (χ1n) is 11.4. The summed E-state index contributed by atoms with van der Waals surface area (Å²) in [4.78, 5) is 29.6. The van der Waals surface area contributed by atoms with Gasteiger partial charge in [-0.15, -0.1) is 0 Å². The Bertz CT molecular complexity index is 1030. The minimum absolute atomic E-state index is 0.00325. The predicted molar refractivity (Wildman–Crippen MR) is 126 cm³/mol. The first-order valence-corrected chi connectivity index (χ1v) is 11.4. The van der Waals surface area contributed by atoms with Gasteiger partial charge >= 0.3 is 0 Å². The molecule has 2 aliphatic rings. The number of hydrogen-bond acceptors (Lipinski definition) is 5. The lowest BCUT2D eigenvalue weighted by Gasteiger charge is -2.34. The van der Waals surface area contributed by atoms with Crippen LogP contribution in [-0.2, 0) is 22.6 Å². The smallest absolute Gasteiger partial charge is 0.274 e. The molecule has 0 spiro atoms. The van der Waals surface area contributed by atoms with Crippen molar-refractivity contribution in [2.75, 3.05) is 26.7 Å². The summed E-state index contributed by atoms with van der Waals surface area (Å²) in [6.45, 7) is 11.3. The number of hydrogen-bond donors (Lipinski definition) is 3. The van der Waals surface area contributed by atoms with Gasteiger partial charge in [-0.25, -0.2) is 4.39 Å². The molecule has 0 bridgehead atoms. The van der Waals surface area contributed by atoms with Crippen molar-refractivity contribution in [2.24, 2.45) is 0 Å². The van der Waals surface area contributed by atoms with Gasteiger partial charge in [-0.05, 0) is 31.9 Å². The second-order valence-corrected chi connectivity index (χ2v) is 8.23. The van der Waals surface area contributed by atoms with E-state index in [2.05, 4.69) is 17.2 Å². The summed E-state index contributed by atoms with van der Waals surface area (Å²) in [5.41, 5.74) is 2.05. The zero-order valence-corrected chi connectivity index (χ0v) is 19.8. The maximum atomic E-state index is 14.6. The molecule has 178 valence electrons. The number of aliphatic hydroxyl groups excluding tert-OH is 1. The molecule has 1 saturated heterocycles. The van der Waals surface area contributed by atoms with Gasteiger partial charge in [-0.3, -0.25) is 9.59 Å². The Morgan fingerprint density at radius 3 is 2.61 bits per heavy atom. The first-order chi connectivity index (χ1) is 15.8. The van der Waals surface area contributed by atoms with Gasteiger partial charge in [0.15, 0.2) is 5.76 Å². The molecule has 2 amide bonds. The van der Waals surface area contributed by atoms with E-state index in [0.29, 0.717) is 49.3 Å². The number of likely N-dealkylation sites (N-methyl/N-ethyl adjacent to an activating group) is 2. The van der Waals surface area contributed by atoms with Gasteiger partial charge < -0.3 is 25.5 Å². The number of aliphatic hydroxyl groups is 1. The molecule has 0 aromatic heterocycles. The highest BCUT2D eigenvalue weighted by Gasteiger charge is 2.43. The molecule has 33 heavy (non-hydrogen) atoms.